The van der Waals surface area contributed by atoms with E-state index in [2.05, 4.69) is 15.9 Å². The lowest BCUT2D eigenvalue weighted by atomic mass is 10.3. The summed E-state index contributed by atoms with van der Waals surface area (Å²) in [6.45, 7) is 0.494. The summed E-state index contributed by atoms with van der Waals surface area (Å²) in [7, 11) is 3.18. The zero-order valence-electron chi connectivity index (χ0n) is 9.14. The van der Waals surface area contributed by atoms with Crippen LogP contribution in [0.3, 0.4) is 0 Å². The highest BCUT2D eigenvalue weighted by molar-refractivity contribution is 9.11. The van der Waals surface area contributed by atoms with Gasteiger partial charge in [0.15, 0.2) is 0 Å². The highest BCUT2D eigenvalue weighted by atomic mass is 79.9. The van der Waals surface area contributed by atoms with Gasteiger partial charge in [-0.05, 0) is 28.1 Å². The van der Waals surface area contributed by atoms with Gasteiger partial charge < -0.3 is 14.7 Å². The van der Waals surface area contributed by atoms with Crippen LogP contribution in [0.15, 0.2) is 15.9 Å². The lowest BCUT2D eigenvalue weighted by Gasteiger charge is -2.19. The average molecular weight is 308 g/mol. The van der Waals surface area contributed by atoms with E-state index in [-0.39, 0.29) is 19.1 Å². The van der Waals surface area contributed by atoms with E-state index in [4.69, 9.17) is 4.74 Å². The maximum Gasteiger partial charge on any atom is 0.263 e. The first-order valence-electron chi connectivity index (χ1n) is 4.72. The van der Waals surface area contributed by atoms with E-state index in [0.717, 1.165) is 3.79 Å². The maximum atomic E-state index is 11.9. The van der Waals surface area contributed by atoms with Gasteiger partial charge in [0, 0.05) is 20.7 Å². The molecule has 1 amide bonds. The summed E-state index contributed by atoms with van der Waals surface area (Å²) in [6, 6.07) is 3.59. The van der Waals surface area contributed by atoms with Crippen molar-refractivity contribution in [2.75, 3.05) is 27.3 Å². The van der Waals surface area contributed by atoms with Crippen molar-refractivity contribution in [2.24, 2.45) is 0 Å². The summed E-state index contributed by atoms with van der Waals surface area (Å²) in [5, 5.41) is 9.50. The van der Waals surface area contributed by atoms with Crippen LogP contribution < -0.4 is 0 Å². The number of carbonyl (C=O) groups excluding carboxylic acids is 1. The molecule has 0 bridgehead atoms. The molecule has 1 aromatic heterocycles. The number of ether oxygens (including phenoxy) is 1. The van der Waals surface area contributed by atoms with Gasteiger partial charge in [0.05, 0.1) is 21.4 Å². The van der Waals surface area contributed by atoms with E-state index >= 15 is 0 Å². The van der Waals surface area contributed by atoms with Gasteiger partial charge >= 0.3 is 0 Å². The van der Waals surface area contributed by atoms with Crippen molar-refractivity contribution in [2.45, 2.75) is 6.10 Å². The second kappa shape index (κ2) is 6.34. The number of aliphatic hydroxyl groups excluding tert-OH is 1. The second-order valence-electron chi connectivity index (χ2n) is 3.40. The van der Waals surface area contributed by atoms with E-state index in [1.165, 1.54) is 23.3 Å². The van der Waals surface area contributed by atoms with Crippen molar-refractivity contribution >= 4 is 33.2 Å². The lowest BCUT2D eigenvalue weighted by Crippen LogP contribution is -2.35. The highest BCUT2D eigenvalue weighted by Crippen LogP contribution is 2.23. The first kappa shape index (κ1) is 13.6. The van der Waals surface area contributed by atoms with Gasteiger partial charge in [-0.25, -0.2) is 0 Å². The summed E-state index contributed by atoms with van der Waals surface area (Å²) in [5.41, 5.74) is 0. The molecule has 4 nitrogen and oxygen atoms in total. The Balaban J connectivity index is 2.54. The van der Waals surface area contributed by atoms with Crippen LogP contribution in [0.1, 0.15) is 9.67 Å². The Morgan fingerprint density at radius 2 is 2.38 bits per heavy atom. The molecule has 1 N–H and O–H groups in total. The summed E-state index contributed by atoms with van der Waals surface area (Å²) in [5.74, 6) is -0.0918. The van der Waals surface area contributed by atoms with E-state index < -0.39 is 6.10 Å². The number of aliphatic hydroxyl groups is 1. The van der Waals surface area contributed by atoms with Gasteiger partial charge in [0.2, 0.25) is 0 Å². The molecular formula is C10H14BrNO3S. The third-order valence-electron chi connectivity index (χ3n) is 1.97. The van der Waals surface area contributed by atoms with Crippen molar-refractivity contribution in [3.63, 3.8) is 0 Å². The molecule has 16 heavy (non-hydrogen) atoms. The standard InChI is InChI=1S/C10H14BrNO3S/c1-12(5-7(13)6-15-2)10(14)8-3-4-9(11)16-8/h3-4,7,13H,5-6H2,1-2H3. The number of methoxy groups -OCH3 is 1. The molecule has 1 unspecified atom stereocenters. The molecule has 0 saturated carbocycles. The molecule has 0 aliphatic rings. The Morgan fingerprint density at radius 1 is 1.69 bits per heavy atom. The topological polar surface area (TPSA) is 49.8 Å². The number of carbonyl (C=O) groups is 1. The third-order valence-corrected chi connectivity index (χ3v) is 3.59. The van der Waals surface area contributed by atoms with E-state index in [9.17, 15) is 9.90 Å². The number of thiophene rings is 1. The molecule has 0 spiro atoms. The predicted octanol–water partition coefficient (Wildman–Crippen LogP) is 1.59. The minimum atomic E-state index is -0.651. The summed E-state index contributed by atoms with van der Waals surface area (Å²) >= 11 is 4.68. The van der Waals surface area contributed by atoms with Crippen LogP contribution in [0.4, 0.5) is 0 Å². The number of hydrogen-bond donors (Lipinski definition) is 1. The molecule has 90 valence electrons. The largest absolute Gasteiger partial charge is 0.389 e. The van der Waals surface area contributed by atoms with E-state index in [0.29, 0.717) is 4.88 Å². The number of halogens is 1. The van der Waals surface area contributed by atoms with E-state index in [1.807, 2.05) is 6.07 Å². The van der Waals surface area contributed by atoms with Crippen LogP contribution in [-0.2, 0) is 4.74 Å². The molecule has 0 aliphatic heterocycles. The minimum absolute atomic E-state index is 0.0918. The van der Waals surface area contributed by atoms with Gasteiger partial charge in [-0.15, -0.1) is 11.3 Å². The quantitative estimate of drug-likeness (QED) is 0.899. The first-order valence-corrected chi connectivity index (χ1v) is 6.33. The average Bonchev–Trinajstić information content (AvgIpc) is 2.64. The molecule has 0 aliphatic carbocycles. The summed E-state index contributed by atoms with van der Waals surface area (Å²) in [6.07, 6.45) is -0.651. The fourth-order valence-corrected chi connectivity index (χ4v) is 2.64. The number of amides is 1. The number of rotatable bonds is 5. The first-order chi connectivity index (χ1) is 7.54. The number of likely N-dealkylation sites (N-methyl/N-ethyl adjacent to an activating group) is 1. The molecule has 0 saturated heterocycles. The smallest absolute Gasteiger partial charge is 0.263 e. The maximum absolute atomic E-state index is 11.9. The molecule has 1 aromatic rings. The van der Waals surface area contributed by atoms with Crippen molar-refractivity contribution < 1.29 is 14.6 Å². The molecule has 1 rings (SSSR count). The monoisotopic (exact) mass is 307 g/mol. The SMILES string of the molecule is COCC(O)CN(C)C(=O)c1ccc(Br)s1. The Labute approximate surface area is 107 Å². The fourth-order valence-electron chi connectivity index (χ4n) is 1.26. The predicted molar refractivity (Wildman–Crippen MR) is 66.9 cm³/mol. The third kappa shape index (κ3) is 3.86. The lowest BCUT2D eigenvalue weighted by molar-refractivity contribution is 0.0382. The highest BCUT2D eigenvalue weighted by Gasteiger charge is 2.16. The van der Waals surface area contributed by atoms with Crippen molar-refractivity contribution in [1.29, 1.82) is 0 Å². The minimum Gasteiger partial charge on any atom is -0.389 e. The van der Waals surface area contributed by atoms with Crippen LogP contribution in [-0.4, -0.2) is 49.3 Å². The van der Waals surface area contributed by atoms with Crippen LogP contribution in [0, 0.1) is 0 Å². The van der Waals surface area contributed by atoms with Gasteiger partial charge in [-0.1, -0.05) is 0 Å². The van der Waals surface area contributed by atoms with Gasteiger partial charge in [0.25, 0.3) is 5.91 Å². The molecule has 1 heterocycles. The van der Waals surface area contributed by atoms with Crippen molar-refractivity contribution in [1.82, 2.24) is 4.90 Å². The Kier molecular flexibility index (Phi) is 5.40. The number of hydrogen-bond acceptors (Lipinski definition) is 4. The molecule has 1 atom stereocenters. The van der Waals surface area contributed by atoms with Crippen LogP contribution >= 0.6 is 27.3 Å². The van der Waals surface area contributed by atoms with Gasteiger partial charge in [-0.3, -0.25) is 4.79 Å². The molecular weight excluding hydrogens is 294 g/mol. The van der Waals surface area contributed by atoms with E-state index in [1.54, 1.807) is 13.1 Å². The van der Waals surface area contributed by atoms with Gasteiger partial charge in [-0.2, -0.15) is 0 Å². The Bertz CT molecular complexity index is 356. The second-order valence-corrected chi connectivity index (χ2v) is 5.86. The fraction of sp³-hybridized carbons (Fsp3) is 0.500. The van der Waals surface area contributed by atoms with Gasteiger partial charge in [0.1, 0.15) is 0 Å². The molecule has 0 aromatic carbocycles. The normalized spacial score (nSPS) is 12.5. The molecule has 0 fully saturated rings. The molecule has 6 heteroatoms. The van der Waals surface area contributed by atoms with Crippen LogP contribution in [0.5, 0.6) is 0 Å². The van der Waals surface area contributed by atoms with Crippen molar-refractivity contribution in [3.8, 4) is 0 Å². The summed E-state index contributed by atoms with van der Waals surface area (Å²) < 4.78 is 5.72. The zero-order chi connectivity index (χ0) is 12.1. The van der Waals surface area contributed by atoms with Crippen LogP contribution in [0.2, 0.25) is 0 Å². The number of nitrogens with zero attached hydrogens (tertiary/aromatic N) is 1. The Hall–Kier alpha value is -0.430. The van der Waals surface area contributed by atoms with Crippen molar-refractivity contribution in [3.05, 3.63) is 20.8 Å². The van der Waals surface area contributed by atoms with Crippen LogP contribution in [0.25, 0.3) is 0 Å². The zero-order valence-corrected chi connectivity index (χ0v) is 11.5. The molecule has 0 radical (unpaired) electrons. The summed E-state index contributed by atoms with van der Waals surface area (Å²) in [4.78, 5) is 14.0. The Morgan fingerprint density at radius 3 is 2.88 bits per heavy atom.